The van der Waals surface area contributed by atoms with Crippen LogP contribution in [0, 0.1) is 5.92 Å². The molecule has 4 atom stereocenters. The van der Waals surface area contributed by atoms with Gasteiger partial charge >= 0.3 is 0 Å². The van der Waals surface area contributed by atoms with Crippen LogP contribution in [0.4, 0.5) is 0 Å². The molecule has 0 spiro atoms. The Hall–Kier alpha value is -1.60. The zero-order valence-corrected chi connectivity index (χ0v) is 20.3. The summed E-state index contributed by atoms with van der Waals surface area (Å²) in [6, 6.07) is 4.55. The highest BCUT2D eigenvalue weighted by atomic mass is 16.7. The molecule has 2 bridgehead atoms. The third-order valence-electron chi connectivity index (χ3n) is 7.07. The summed E-state index contributed by atoms with van der Waals surface area (Å²) in [7, 11) is 3.36. The van der Waals surface area contributed by atoms with Gasteiger partial charge in [-0.15, -0.1) is 6.58 Å². The molecule has 6 nitrogen and oxygen atoms in total. The van der Waals surface area contributed by atoms with E-state index in [4.69, 9.17) is 18.9 Å². The molecule has 1 fully saturated rings. The molecule has 1 aliphatic heterocycles. The highest BCUT2D eigenvalue weighted by molar-refractivity contribution is 5.55. The first kappa shape index (κ1) is 25.0. The third kappa shape index (κ3) is 5.84. The van der Waals surface area contributed by atoms with Gasteiger partial charge in [-0.2, -0.15) is 0 Å². The van der Waals surface area contributed by atoms with Crippen molar-refractivity contribution < 1.29 is 24.1 Å². The second-order valence-electron chi connectivity index (χ2n) is 9.66. The van der Waals surface area contributed by atoms with E-state index in [1.807, 2.05) is 12.1 Å². The Balaban J connectivity index is 2.02. The van der Waals surface area contributed by atoms with E-state index < -0.39 is 0 Å². The van der Waals surface area contributed by atoms with Crippen LogP contribution in [0.15, 0.2) is 24.8 Å². The summed E-state index contributed by atoms with van der Waals surface area (Å²) < 4.78 is 22.5. The van der Waals surface area contributed by atoms with Crippen molar-refractivity contribution in [2.45, 2.75) is 63.5 Å². The molecule has 0 aromatic heterocycles. The van der Waals surface area contributed by atoms with Gasteiger partial charge in [-0.25, -0.2) is 0 Å². The highest BCUT2D eigenvalue weighted by Gasteiger charge is 2.41. The normalized spacial score (nSPS) is 28.6. The predicted octanol–water partition coefficient (Wildman–Crippen LogP) is 3.94. The molecule has 0 saturated heterocycles. The monoisotopic (exact) mass is 447 g/mol. The van der Waals surface area contributed by atoms with Gasteiger partial charge in [0.2, 0.25) is 0 Å². The Morgan fingerprint density at radius 2 is 2.03 bits per heavy atom. The fourth-order valence-electron chi connectivity index (χ4n) is 5.67. The summed E-state index contributed by atoms with van der Waals surface area (Å²) in [5, 5.41) is 10.8. The van der Waals surface area contributed by atoms with Crippen molar-refractivity contribution in [2.24, 2.45) is 5.92 Å². The van der Waals surface area contributed by atoms with E-state index in [2.05, 4.69) is 31.4 Å². The number of rotatable bonds is 9. The molecular weight excluding hydrogens is 406 g/mol. The molecule has 6 heteroatoms. The van der Waals surface area contributed by atoms with Crippen LogP contribution < -0.4 is 9.47 Å². The van der Waals surface area contributed by atoms with Crippen LogP contribution in [0.3, 0.4) is 0 Å². The molecule has 1 N–H and O–H groups in total. The smallest absolute Gasteiger partial charge is 0.189 e. The van der Waals surface area contributed by atoms with Crippen LogP contribution in [0.1, 0.15) is 50.7 Å². The molecule has 2 aliphatic rings. The maximum atomic E-state index is 10.8. The number of ether oxygens (including phenoxy) is 4. The van der Waals surface area contributed by atoms with E-state index in [1.54, 1.807) is 14.2 Å². The van der Waals surface area contributed by atoms with Crippen molar-refractivity contribution in [3.05, 3.63) is 35.9 Å². The van der Waals surface area contributed by atoms with Gasteiger partial charge in [-0.1, -0.05) is 19.1 Å². The van der Waals surface area contributed by atoms with E-state index in [1.165, 1.54) is 11.1 Å². The Morgan fingerprint density at radius 1 is 1.22 bits per heavy atom. The minimum Gasteiger partial charge on any atom is -0.493 e. The molecule has 0 radical (unpaired) electrons. The molecule has 1 unspecified atom stereocenters. The van der Waals surface area contributed by atoms with Gasteiger partial charge in [0.25, 0.3) is 0 Å². The van der Waals surface area contributed by atoms with Crippen LogP contribution >= 0.6 is 0 Å². The molecule has 1 aliphatic carbocycles. The molecule has 1 aromatic rings. The van der Waals surface area contributed by atoms with E-state index in [9.17, 15) is 5.11 Å². The standard InChI is InChI=1S/C26H41NO5/c1-6-11-27-17-20-7-9-22(28)16-26(3,15-20)24-21(14-19(27)2)8-10-23(25(24)30-5)32-18-31-13-12-29-4/h6,8,10,19-20,22,28H,1,7,9,11-18H2,2-5H3/t19?,20-,22-,26-/m0/s1. The summed E-state index contributed by atoms with van der Waals surface area (Å²) in [5.74, 6) is 1.98. The van der Waals surface area contributed by atoms with E-state index >= 15 is 0 Å². The molecule has 1 aromatic carbocycles. The molecule has 32 heavy (non-hydrogen) atoms. The minimum absolute atomic E-state index is 0.143. The van der Waals surface area contributed by atoms with Crippen molar-refractivity contribution in [1.29, 1.82) is 0 Å². The Bertz CT molecular complexity index is 754. The van der Waals surface area contributed by atoms with E-state index in [0.717, 1.165) is 50.9 Å². The van der Waals surface area contributed by atoms with Crippen molar-refractivity contribution >= 4 is 0 Å². The summed E-state index contributed by atoms with van der Waals surface area (Å²) in [4.78, 5) is 2.53. The summed E-state index contributed by atoms with van der Waals surface area (Å²) >= 11 is 0. The van der Waals surface area contributed by atoms with Gasteiger partial charge < -0.3 is 24.1 Å². The maximum Gasteiger partial charge on any atom is 0.189 e. The topological polar surface area (TPSA) is 60.4 Å². The lowest BCUT2D eigenvalue weighted by atomic mass is 9.71. The number of hydrogen-bond donors (Lipinski definition) is 1. The Kier molecular flexibility index (Phi) is 9.00. The maximum absolute atomic E-state index is 10.8. The summed E-state index contributed by atoms with van der Waals surface area (Å²) in [6.45, 7) is 11.6. The second kappa shape index (κ2) is 11.5. The van der Waals surface area contributed by atoms with Gasteiger partial charge in [0.05, 0.1) is 26.4 Å². The molecule has 3 rings (SSSR count). The van der Waals surface area contributed by atoms with Crippen molar-refractivity contribution in [3.63, 3.8) is 0 Å². The number of nitrogens with zero attached hydrogens (tertiary/aromatic N) is 1. The predicted molar refractivity (Wildman–Crippen MR) is 127 cm³/mol. The third-order valence-corrected chi connectivity index (χ3v) is 7.07. The van der Waals surface area contributed by atoms with Gasteiger partial charge in [0.1, 0.15) is 0 Å². The summed E-state index contributed by atoms with van der Waals surface area (Å²) in [5.41, 5.74) is 2.27. The largest absolute Gasteiger partial charge is 0.493 e. The Morgan fingerprint density at radius 3 is 2.75 bits per heavy atom. The number of fused-ring (bicyclic) bond motifs is 4. The first-order valence-electron chi connectivity index (χ1n) is 11.8. The van der Waals surface area contributed by atoms with Crippen LogP contribution in [0.5, 0.6) is 11.5 Å². The lowest BCUT2D eigenvalue weighted by Gasteiger charge is -2.35. The molecule has 1 saturated carbocycles. The molecule has 180 valence electrons. The fraction of sp³-hybridized carbons (Fsp3) is 0.692. The SMILES string of the molecule is C=CCN1C[C@H]2CC[C@H](O)C[C@](C)(C2)c2c(ccc(OCOCCOC)c2OC)CC1C. The van der Waals surface area contributed by atoms with Crippen molar-refractivity contribution in [2.75, 3.05) is 47.3 Å². The quantitative estimate of drug-likeness (QED) is 0.352. The highest BCUT2D eigenvalue weighted by Crippen LogP contribution is 2.49. The zero-order valence-electron chi connectivity index (χ0n) is 20.3. The van der Waals surface area contributed by atoms with Gasteiger partial charge in [-0.3, -0.25) is 4.90 Å². The lowest BCUT2D eigenvalue weighted by molar-refractivity contribution is -0.00960. The van der Waals surface area contributed by atoms with Gasteiger partial charge in [0, 0.05) is 31.8 Å². The van der Waals surface area contributed by atoms with Gasteiger partial charge in [0.15, 0.2) is 18.3 Å². The zero-order chi connectivity index (χ0) is 23.1. The number of hydrogen-bond acceptors (Lipinski definition) is 6. The number of aliphatic hydroxyl groups is 1. The second-order valence-corrected chi connectivity index (χ2v) is 9.66. The molecular formula is C26H41NO5. The van der Waals surface area contributed by atoms with Crippen LogP contribution in [0.2, 0.25) is 0 Å². The summed E-state index contributed by atoms with van der Waals surface area (Å²) in [6.07, 6.45) is 6.24. The molecule has 0 amide bonds. The first-order chi connectivity index (χ1) is 15.4. The fourth-order valence-corrected chi connectivity index (χ4v) is 5.67. The Labute approximate surface area is 193 Å². The van der Waals surface area contributed by atoms with Crippen LogP contribution in [0.25, 0.3) is 0 Å². The lowest BCUT2D eigenvalue weighted by Crippen LogP contribution is -2.38. The van der Waals surface area contributed by atoms with E-state index in [-0.39, 0.29) is 18.3 Å². The van der Waals surface area contributed by atoms with Crippen LogP contribution in [-0.4, -0.2) is 69.5 Å². The van der Waals surface area contributed by atoms with E-state index in [0.29, 0.717) is 30.9 Å². The number of benzene rings is 1. The van der Waals surface area contributed by atoms with Crippen molar-refractivity contribution in [3.8, 4) is 11.5 Å². The van der Waals surface area contributed by atoms with Crippen LogP contribution in [-0.2, 0) is 21.3 Å². The average molecular weight is 448 g/mol. The minimum atomic E-state index is -0.311. The first-order valence-corrected chi connectivity index (χ1v) is 11.8. The number of aliphatic hydroxyl groups excluding tert-OH is 1. The number of methoxy groups -OCH3 is 2. The van der Waals surface area contributed by atoms with Gasteiger partial charge in [-0.05, 0) is 62.0 Å². The average Bonchev–Trinajstić information content (AvgIpc) is 2.88. The van der Waals surface area contributed by atoms with Crippen molar-refractivity contribution in [1.82, 2.24) is 4.90 Å². The molecule has 1 heterocycles.